The summed E-state index contributed by atoms with van der Waals surface area (Å²) in [7, 11) is 0. The van der Waals surface area contributed by atoms with E-state index in [9.17, 15) is 4.79 Å². The molecule has 0 atom stereocenters. The molecule has 0 heterocycles. The zero-order valence-corrected chi connectivity index (χ0v) is 13.5. The molecule has 110 valence electrons. The highest BCUT2D eigenvalue weighted by Gasteiger charge is 2.07. The maximum absolute atomic E-state index is 11.9. The van der Waals surface area contributed by atoms with E-state index in [0.29, 0.717) is 21.6 Å². The van der Waals surface area contributed by atoms with Gasteiger partial charge in [0.15, 0.2) is 0 Å². The molecular weight excluding hydrogens is 329 g/mol. The Balaban J connectivity index is 1.81. The van der Waals surface area contributed by atoms with Crippen molar-refractivity contribution in [3.8, 4) is 0 Å². The van der Waals surface area contributed by atoms with Gasteiger partial charge in [-0.2, -0.15) is 0 Å². The van der Waals surface area contributed by atoms with Gasteiger partial charge in [0, 0.05) is 21.6 Å². The summed E-state index contributed by atoms with van der Waals surface area (Å²) in [5, 5.41) is 4.65. The topological polar surface area (TPSA) is 29.1 Å². The Hall–Kier alpha value is -1.22. The molecule has 0 spiro atoms. The van der Waals surface area contributed by atoms with Gasteiger partial charge in [0.2, 0.25) is 5.91 Å². The lowest BCUT2D eigenvalue weighted by Gasteiger charge is -2.07. The average Bonchev–Trinajstić information content (AvgIpc) is 2.44. The van der Waals surface area contributed by atoms with Crippen LogP contribution in [0.25, 0.3) is 0 Å². The first kappa shape index (κ1) is 16.2. The molecule has 2 aromatic rings. The second-order valence-corrected chi connectivity index (χ2v) is 5.92. The summed E-state index contributed by atoms with van der Waals surface area (Å²) in [5.74, 6) is -0.0619. The second-order valence-electron chi connectivity index (χ2n) is 4.64. The number of carbonyl (C=O) groups is 1. The van der Waals surface area contributed by atoms with E-state index in [4.69, 9.17) is 34.8 Å². The molecule has 2 nitrogen and oxygen atoms in total. The van der Waals surface area contributed by atoms with Crippen molar-refractivity contribution in [3.63, 3.8) is 0 Å². The van der Waals surface area contributed by atoms with Crippen LogP contribution in [0.15, 0.2) is 42.5 Å². The van der Waals surface area contributed by atoms with Gasteiger partial charge in [-0.3, -0.25) is 4.79 Å². The minimum Gasteiger partial charge on any atom is -0.355 e. The summed E-state index contributed by atoms with van der Waals surface area (Å²) in [6.45, 7) is 0.575. The van der Waals surface area contributed by atoms with Gasteiger partial charge in [-0.05, 0) is 41.8 Å². The predicted octanol–water partition coefficient (Wildman–Crippen LogP) is 4.55. The first-order chi connectivity index (χ1) is 10.0. The molecular formula is C16H14Cl3NO. The van der Waals surface area contributed by atoms with Crippen LogP contribution in [-0.4, -0.2) is 12.5 Å². The third kappa shape index (κ3) is 5.24. The molecule has 0 aromatic heterocycles. The van der Waals surface area contributed by atoms with Crippen molar-refractivity contribution < 1.29 is 4.79 Å². The number of hydrogen-bond donors (Lipinski definition) is 1. The van der Waals surface area contributed by atoms with Gasteiger partial charge in [0.05, 0.1) is 6.42 Å². The molecule has 0 aliphatic rings. The second kappa shape index (κ2) is 7.69. The Morgan fingerprint density at radius 3 is 2.29 bits per heavy atom. The third-order valence-corrected chi connectivity index (χ3v) is 3.85. The van der Waals surface area contributed by atoms with Gasteiger partial charge in [-0.15, -0.1) is 0 Å². The summed E-state index contributed by atoms with van der Waals surface area (Å²) in [6.07, 6.45) is 1.01. The Bertz CT molecular complexity index is 626. The monoisotopic (exact) mass is 341 g/mol. The van der Waals surface area contributed by atoms with E-state index in [1.165, 1.54) is 0 Å². The van der Waals surface area contributed by atoms with E-state index < -0.39 is 0 Å². The smallest absolute Gasteiger partial charge is 0.224 e. The van der Waals surface area contributed by atoms with E-state index in [-0.39, 0.29) is 12.3 Å². The molecule has 0 aliphatic carbocycles. The Morgan fingerprint density at radius 2 is 1.62 bits per heavy atom. The molecule has 0 saturated heterocycles. The highest BCUT2D eigenvalue weighted by molar-refractivity contribution is 6.35. The highest BCUT2D eigenvalue weighted by atomic mass is 35.5. The minimum atomic E-state index is -0.0619. The van der Waals surface area contributed by atoms with Crippen LogP contribution in [0.2, 0.25) is 15.1 Å². The van der Waals surface area contributed by atoms with Crippen LogP contribution >= 0.6 is 34.8 Å². The molecule has 2 aromatic carbocycles. The number of amides is 1. The van der Waals surface area contributed by atoms with E-state index in [2.05, 4.69) is 5.32 Å². The molecule has 2 rings (SSSR count). The molecule has 1 amide bonds. The van der Waals surface area contributed by atoms with Crippen molar-refractivity contribution in [1.82, 2.24) is 5.32 Å². The highest BCUT2D eigenvalue weighted by Crippen LogP contribution is 2.21. The fraction of sp³-hybridized carbons (Fsp3) is 0.188. The third-order valence-electron chi connectivity index (χ3n) is 3.02. The minimum absolute atomic E-state index is 0.0619. The normalized spacial score (nSPS) is 10.4. The fourth-order valence-corrected chi connectivity index (χ4v) is 2.50. The summed E-state index contributed by atoms with van der Waals surface area (Å²) in [5.41, 5.74) is 1.90. The number of hydrogen-bond acceptors (Lipinski definition) is 1. The van der Waals surface area contributed by atoms with Gasteiger partial charge in [-0.1, -0.05) is 53.0 Å². The summed E-state index contributed by atoms with van der Waals surface area (Å²) < 4.78 is 0. The van der Waals surface area contributed by atoms with Crippen LogP contribution in [0.5, 0.6) is 0 Å². The SMILES string of the molecule is O=C(Cc1ccc(Cl)cc1Cl)NCCc1ccc(Cl)cc1. The van der Waals surface area contributed by atoms with Crippen molar-refractivity contribution in [2.75, 3.05) is 6.54 Å². The molecule has 0 radical (unpaired) electrons. The van der Waals surface area contributed by atoms with Crippen molar-refractivity contribution >= 4 is 40.7 Å². The maximum Gasteiger partial charge on any atom is 0.224 e. The molecule has 0 aliphatic heterocycles. The van der Waals surface area contributed by atoms with Crippen LogP contribution in [0.3, 0.4) is 0 Å². The number of benzene rings is 2. The van der Waals surface area contributed by atoms with Gasteiger partial charge in [0.25, 0.3) is 0 Å². The van der Waals surface area contributed by atoms with E-state index in [1.54, 1.807) is 18.2 Å². The largest absolute Gasteiger partial charge is 0.355 e. The van der Waals surface area contributed by atoms with Crippen molar-refractivity contribution in [2.24, 2.45) is 0 Å². The molecule has 0 saturated carbocycles. The standard InChI is InChI=1S/C16H14Cl3NO/c17-13-4-1-11(2-5-13)7-8-20-16(21)9-12-3-6-14(18)10-15(12)19/h1-6,10H,7-9H2,(H,20,21). The van der Waals surface area contributed by atoms with Gasteiger partial charge in [0.1, 0.15) is 0 Å². The van der Waals surface area contributed by atoms with Gasteiger partial charge in [-0.25, -0.2) is 0 Å². The summed E-state index contributed by atoms with van der Waals surface area (Å²) >= 11 is 17.7. The molecule has 21 heavy (non-hydrogen) atoms. The Labute approximate surface area is 139 Å². The number of nitrogens with one attached hydrogen (secondary N) is 1. The zero-order chi connectivity index (χ0) is 15.2. The quantitative estimate of drug-likeness (QED) is 0.848. The lowest BCUT2D eigenvalue weighted by atomic mass is 10.1. The summed E-state index contributed by atoms with van der Waals surface area (Å²) in [4.78, 5) is 11.9. The van der Waals surface area contributed by atoms with Crippen LogP contribution in [0.1, 0.15) is 11.1 Å². The summed E-state index contributed by atoms with van der Waals surface area (Å²) in [6, 6.07) is 12.7. The predicted molar refractivity (Wildman–Crippen MR) is 88.3 cm³/mol. The van der Waals surface area contributed by atoms with Crippen LogP contribution in [-0.2, 0) is 17.6 Å². The molecule has 0 bridgehead atoms. The van der Waals surface area contributed by atoms with E-state index in [1.807, 2.05) is 24.3 Å². The molecule has 0 unspecified atom stereocenters. The van der Waals surface area contributed by atoms with Gasteiger partial charge >= 0.3 is 0 Å². The molecule has 0 fully saturated rings. The van der Waals surface area contributed by atoms with Crippen LogP contribution in [0, 0.1) is 0 Å². The molecule has 1 N–H and O–H groups in total. The first-order valence-corrected chi connectivity index (χ1v) is 7.63. The van der Waals surface area contributed by atoms with Crippen LogP contribution in [0.4, 0.5) is 0 Å². The van der Waals surface area contributed by atoms with Crippen LogP contribution < -0.4 is 5.32 Å². The number of halogens is 3. The lowest BCUT2D eigenvalue weighted by molar-refractivity contribution is -0.120. The Kier molecular flexibility index (Phi) is 5.92. The zero-order valence-electron chi connectivity index (χ0n) is 11.2. The fourth-order valence-electron chi connectivity index (χ4n) is 1.90. The average molecular weight is 343 g/mol. The lowest BCUT2D eigenvalue weighted by Crippen LogP contribution is -2.27. The van der Waals surface area contributed by atoms with E-state index >= 15 is 0 Å². The van der Waals surface area contributed by atoms with Crippen molar-refractivity contribution in [3.05, 3.63) is 68.7 Å². The van der Waals surface area contributed by atoms with E-state index in [0.717, 1.165) is 17.5 Å². The number of rotatable bonds is 5. The number of carbonyl (C=O) groups excluding carboxylic acids is 1. The molecule has 5 heteroatoms. The first-order valence-electron chi connectivity index (χ1n) is 6.49. The van der Waals surface area contributed by atoms with Crippen molar-refractivity contribution in [1.29, 1.82) is 0 Å². The van der Waals surface area contributed by atoms with Gasteiger partial charge < -0.3 is 5.32 Å². The van der Waals surface area contributed by atoms with Crippen molar-refractivity contribution in [2.45, 2.75) is 12.8 Å². The maximum atomic E-state index is 11.9. The Morgan fingerprint density at radius 1 is 0.952 bits per heavy atom.